The van der Waals surface area contributed by atoms with Crippen molar-refractivity contribution in [2.45, 2.75) is 76.4 Å². The second kappa shape index (κ2) is 7.96. The summed E-state index contributed by atoms with van der Waals surface area (Å²) >= 11 is 0. The van der Waals surface area contributed by atoms with Gasteiger partial charge >= 0.3 is 0 Å². The molecule has 2 N–H and O–H groups in total. The molecular weight excluding hydrogens is 411 g/mol. The van der Waals surface area contributed by atoms with Crippen molar-refractivity contribution in [1.29, 1.82) is 0 Å². The van der Waals surface area contributed by atoms with Crippen LogP contribution in [0.3, 0.4) is 0 Å². The highest BCUT2D eigenvalue weighted by atomic mass is 19.1. The molecule has 5 aliphatic carbocycles. The molecular formula is C25H33FN2O4. The molecule has 0 aromatic heterocycles. The zero-order chi connectivity index (χ0) is 21.9. The normalized spacial score (nSPS) is 35.5. The van der Waals surface area contributed by atoms with Gasteiger partial charge in [-0.15, -0.1) is 0 Å². The fourth-order valence-corrected chi connectivity index (χ4v) is 7.58. The highest BCUT2D eigenvalue weighted by Crippen LogP contribution is 2.60. The maximum absolute atomic E-state index is 15.2. The lowest BCUT2D eigenvalue weighted by molar-refractivity contribution is -0.188. The molecule has 6 fully saturated rings. The number of carbonyl (C=O) groups is 1. The minimum absolute atomic E-state index is 0.0718. The molecule has 1 saturated heterocycles. The molecule has 4 bridgehead atoms. The number of halogens is 1. The topological polar surface area (TPSA) is 71.0 Å². The molecule has 1 aliphatic heterocycles. The van der Waals surface area contributed by atoms with E-state index in [0.717, 1.165) is 42.6 Å². The summed E-state index contributed by atoms with van der Waals surface area (Å²) in [5.74, 6) is 2.61. The summed E-state index contributed by atoms with van der Waals surface area (Å²) in [4.78, 5) is 19.6. The number of rotatable bonds is 7. The van der Waals surface area contributed by atoms with Gasteiger partial charge in [-0.2, -0.15) is 0 Å². The summed E-state index contributed by atoms with van der Waals surface area (Å²) in [5, 5.41) is 8.86. The van der Waals surface area contributed by atoms with E-state index in [1.807, 2.05) is 0 Å². The van der Waals surface area contributed by atoms with E-state index >= 15 is 4.39 Å². The van der Waals surface area contributed by atoms with E-state index in [0.29, 0.717) is 31.2 Å². The van der Waals surface area contributed by atoms with Crippen LogP contribution in [0.25, 0.3) is 0 Å². The van der Waals surface area contributed by atoms with Crippen molar-refractivity contribution in [2.24, 2.45) is 23.2 Å². The molecule has 32 heavy (non-hydrogen) atoms. The largest absolute Gasteiger partial charge is 0.493 e. The van der Waals surface area contributed by atoms with Crippen LogP contribution in [0.1, 0.15) is 86.0 Å². The van der Waals surface area contributed by atoms with Gasteiger partial charge in [0, 0.05) is 18.0 Å². The summed E-state index contributed by atoms with van der Waals surface area (Å²) < 4.78 is 21.6. The summed E-state index contributed by atoms with van der Waals surface area (Å²) in [6.45, 7) is 1.15. The Morgan fingerprint density at radius 2 is 1.81 bits per heavy atom. The van der Waals surface area contributed by atoms with Gasteiger partial charge in [-0.25, -0.2) is 4.39 Å². The number of nitrogens with zero attached hydrogens (tertiary/aromatic N) is 1. The average molecular weight is 445 g/mol. The maximum atomic E-state index is 15.2. The van der Waals surface area contributed by atoms with Crippen LogP contribution in [0.5, 0.6) is 5.75 Å². The van der Waals surface area contributed by atoms with E-state index in [4.69, 9.17) is 14.8 Å². The van der Waals surface area contributed by atoms with Crippen LogP contribution >= 0.6 is 0 Å². The lowest BCUT2D eigenvalue weighted by Crippen LogP contribution is -2.48. The van der Waals surface area contributed by atoms with Crippen molar-refractivity contribution in [3.8, 4) is 5.75 Å². The fourth-order valence-electron chi connectivity index (χ4n) is 7.58. The van der Waals surface area contributed by atoms with Crippen LogP contribution in [0, 0.1) is 29.0 Å². The van der Waals surface area contributed by atoms with E-state index in [1.54, 1.807) is 11.7 Å². The van der Waals surface area contributed by atoms with Crippen LogP contribution in [0.15, 0.2) is 12.1 Å². The van der Waals surface area contributed by atoms with Crippen molar-refractivity contribution in [2.75, 3.05) is 13.2 Å². The monoisotopic (exact) mass is 444 g/mol. The molecule has 6 aliphatic rings. The summed E-state index contributed by atoms with van der Waals surface area (Å²) in [6.07, 6.45) is 10.8. The number of ether oxygens (including phenoxy) is 1. The van der Waals surface area contributed by atoms with Gasteiger partial charge in [-0.3, -0.25) is 14.8 Å². The van der Waals surface area contributed by atoms with Crippen LogP contribution in [0.4, 0.5) is 4.39 Å². The molecule has 1 aromatic rings. The van der Waals surface area contributed by atoms with Crippen molar-refractivity contribution in [3.05, 3.63) is 29.1 Å². The van der Waals surface area contributed by atoms with Gasteiger partial charge < -0.3 is 9.64 Å². The first-order chi connectivity index (χ1) is 15.5. The molecule has 5 saturated carbocycles. The molecule has 1 heterocycles. The number of hydrogen-bond donors (Lipinski definition) is 2. The smallest absolute Gasteiger partial charge is 0.258 e. The minimum atomic E-state index is -0.594. The second-order valence-corrected chi connectivity index (χ2v) is 11.2. The van der Waals surface area contributed by atoms with Gasteiger partial charge in [0.25, 0.3) is 5.91 Å². The molecule has 1 unspecified atom stereocenters. The van der Waals surface area contributed by atoms with Gasteiger partial charge in [0.1, 0.15) is 11.6 Å². The Bertz CT molecular complexity index is 867. The van der Waals surface area contributed by atoms with Crippen LogP contribution in [-0.2, 0) is 4.84 Å². The first-order valence-electron chi connectivity index (χ1n) is 12.4. The van der Waals surface area contributed by atoms with Gasteiger partial charge in [-0.1, -0.05) is 5.64 Å². The Morgan fingerprint density at radius 1 is 1.12 bits per heavy atom. The molecule has 1 amide bonds. The molecule has 6 nitrogen and oxygen atoms in total. The fraction of sp³-hybridized carbons (Fsp3) is 0.720. The van der Waals surface area contributed by atoms with E-state index in [9.17, 15) is 4.79 Å². The quantitative estimate of drug-likeness (QED) is 0.593. The van der Waals surface area contributed by atoms with Crippen LogP contribution < -0.4 is 10.4 Å². The lowest BCUT2D eigenvalue weighted by Gasteiger charge is -2.56. The van der Waals surface area contributed by atoms with Gasteiger partial charge in [0.05, 0.1) is 12.2 Å². The lowest BCUT2D eigenvalue weighted by atomic mass is 9.50. The zero-order valence-electron chi connectivity index (χ0n) is 18.5. The molecule has 174 valence electrons. The first kappa shape index (κ1) is 20.9. The average Bonchev–Trinajstić information content (AvgIpc) is 3.49. The third-order valence-corrected chi connectivity index (χ3v) is 8.69. The second-order valence-electron chi connectivity index (χ2n) is 11.2. The predicted molar refractivity (Wildman–Crippen MR) is 115 cm³/mol. The predicted octanol–water partition coefficient (Wildman–Crippen LogP) is 4.77. The number of nitrogens with one attached hydrogen (secondary N) is 1. The number of likely N-dealkylation sites (tertiary alicyclic amines) is 1. The Hall–Kier alpha value is -1.70. The van der Waals surface area contributed by atoms with E-state index in [1.165, 1.54) is 49.5 Å². The molecule has 0 radical (unpaired) electrons. The third-order valence-electron chi connectivity index (χ3n) is 8.69. The van der Waals surface area contributed by atoms with Crippen LogP contribution in [-0.4, -0.2) is 35.4 Å². The third kappa shape index (κ3) is 3.72. The summed E-state index contributed by atoms with van der Waals surface area (Å²) in [5.41, 5.74) is 2.98. The van der Waals surface area contributed by atoms with E-state index in [2.05, 4.69) is 0 Å². The van der Waals surface area contributed by atoms with E-state index < -0.39 is 18.0 Å². The number of carbonyl (C=O) groups excluding carboxylic acids is 1. The Labute approximate surface area is 188 Å². The minimum Gasteiger partial charge on any atom is -0.493 e. The van der Waals surface area contributed by atoms with Crippen molar-refractivity contribution < 1.29 is 24.0 Å². The molecule has 0 spiro atoms. The number of benzene rings is 1. The zero-order valence-corrected chi connectivity index (χ0v) is 18.5. The maximum Gasteiger partial charge on any atom is 0.258 e. The highest BCUT2D eigenvalue weighted by Gasteiger charge is 2.51. The van der Waals surface area contributed by atoms with E-state index in [-0.39, 0.29) is 11.0 Å². The molecule has 1 atom stereocenters. The first-order valence-corrected chi connectivity index (χ1v) is 12.4. The summed E-state index contributed by atoms with van der Waals surface area (Å²) in [6, 6.07) is 3.16. The van der Waals surface area contributed by atoms with Crippen molar-refractivity contribution in [1.82, 2.24) is 10.5 Å². The van der Waals surface area contributed by atoms with Crippen molar-refractivity contribution >= 4 is 5.91 Å². The van der Waals surface area contributed by atoms with Crippen LogP contribution in [0.2, 0.25) is 0 Å². The summed E-state index contributed by atoms with van der Waals surface area (Å²) in [7, 11) is 0. The number of hydrogen-bond acceptors (Lipinski definition) is 5. The Balaban J connectivity index is 1.23. The molecule has 7 rings (SSSR count). The highest BCUT2D eigenvalue weighted by molar-refractivity contribution is 5.95. The standard InChI is InChI=1S/C25H33FN2O4/c26-21-10-22(31-14-25-11-15-6-16(12-25)8-17(7-15)13-25)19(18-3-4-18)9-20(21)24(29)28-5-1-2-23(28)32-27-30/h9-10,15-18,23,27,30H,1-8,11-14H2. The van der Waals surface area contributed by atoms with Gasteiger partial charge in [0.2, 0.25) is 0 Å². The Kier molecular flexibility index (Phi) is 5.19. The van der Waals surface area contributed by atoms with Gasteiger partial charge in [0.15, 0.2) is 6.23 Å². The molecule has 7 heteroatoms. The SMILES string of the molecule is O=C(c1cc(C2CC2)c(OCC23CC4CC(CC(C4)C2)C3)cc1F)N1CCCC1ONO. The number of amides is 1. The van der Waals surface area contributed by atoms with Crippen molar-refractivity contribution in [3.63, 3.8) is 0 Å². The Morgan fingerprint density at radius 3 is 2.44 bits per heavy atom. The van der Waals surface area contributed by atoms with Gasteiger partial charge in [-0.05, 0) is 99.5 Å². The molecule has 1 aromatic carbocycles.